The van der Waals surface area contributed by atoms with Gasteiger partial charge in [0.15, 0.2) is 0 Å². The molecule has 1 aromatic rings. The number of amides is 2. The van der Waals surface area contributed by atoms with Gasteiger partial charge in [0, 0.05) is 18.7 Å². The lowest BCUT2D eigenvalue weighted by atomic mass is 9.94. The van der Waals surface area contributed by atoms with Crippen molar-refractivity contribution in [1.29, 1.82) is 0 Å². The van der Waals surface area contributed by atoms with Gasteiger partial charge in [0.1, 0.15) is 0 Å². The highest BCUT2D eigenvalue weighted by molar-refractivity contribution is 6.00. The van der Waals surface area contributed by atoms with Gasteiger partial charge in [-0.05, 0) is 49.4 Å². The van der Waals surface area contributed by atoms with Gasteiger partial charge in [0.25, 0.3) is 0 Å². The van der Waals surface area contributed by atoms with E-state index in [1.54, 1.807) is 11.9 Å². The summed E-state index contributed by atoms with van der Waals surface area (Å²) in [5, 5.41) is 3.12. The molecule has 1 aromatic carbocycles. The van der Waals surface area contributed by atoms with E-state index < -0.39 is 0 Å². The number of hydrogen-bond donors (Lipinski definition) is 2. The van der Waals surface area contributed by atoms with Crippen molar-refractivity contribution in [3.63, 3.8) is 0 Å². The van der Waals surface area contributed by atoms with E-state index in [1.807, 2.05) is 25.1 Å². The molecule has 3 atom stereocenters. The summed E-state index contributed by atoms with van der Waals surface area (Å²) < 4.78 is 0. The fourth-order valence-corrected chi connectivity index (χ4v) is 3.83. The topological polar surface area (TPSA) is 75.4 Å². The summed E-state index contributed by atoms with van der Waals surface area (Å²) in [6.45, 7) is 2.58. The van der Waals surface area contributed by atoms with Crippen LogP contribution in [0.15, 0.2) is 18.2 Å². The van der Waals surface area contributed by atoms with Gasteiger partial charge in [-0.3, -0.25) is 9.59 Å². The van der Waals surface area contributed by atoms with Crippen LogP contribution in [0.1, 0.15) is 43.4 Å². The molecule has 0 saturated heterocycles. The van der Waals surface area contributed by atoms with Crippen molar-refractivity contribution in [2.75, 3.05) is 18.5 Å². The van der Waals surface area contributed by atoms with E-state index in [0.29, 0.717) is 18.9 Å². The van der Waals surface area contributed by atoms with Crippen molar-refractivity contribution in [3.05, 3.63) is 29.3 Å². The molecule has 132 valence electrons. The predicted molar refractivity (Wildman–Crippen MR) is 97.2 cm³/mol. The number of carbonyl (C=O) groups is 2. The molecule has 5 nitrogen and oxygen atoms in total. The summed E-state index contributed by atoms with van der Waals surface area (Å²) in [6, 6.07) is 5.94. The number of rotatable bonds is 4. The molecule has 2 amide bonds. The van der Waals surface area contributed by atoms with Crippen molar-refractivity contribution in [3.8, 4) is 0 Å². The van der Waals surface area contributed by atoms with E-state index in [4.69, 9.17) is 5.73 Å². The van der Waals surface area contributed by atoms with Gasteiger partial charge in [0.05, 0.1) is 12.5 Å². The maximum atomic E-state index is 12.5. The third kappa shape index (κ3) is 3.42. The van der Waals surface area contributed by atoms with Crippen LogP contribution in [0.5, 0.6) is 0 Å². The lowest BCUT2D eigenvalue weighted by molar-refractivity contribution is -0.126. The summed E-state index contributed by atoms with van der Waals surface area (Å²) in [5.41, 5.74) is 8.83. The number of hydrogen-bond acceptors (Lipinski definition) is 3. The highest BCUT2D eigenvalue weighted by Gasteiger charge is 2.32. The van der Waals surface area contributed by atoms with Crippen molar-refractivity contribution in [2.24, 2.45) is 17.6 Å². The van der Waals surface area contributed by atoms with Crippen LogP contribution in [-0.4, -0.2) is 25.4 Å². The fourth-order valence-electron chi connectivity index (χ4n) is 3.83. The Kier molecular flexibility index (Phi) is 5.88. The summed E-state index contributed by atoms with van der Waals surface area (Å²) in [6.07, 6.45) is 3.51. The van der Waals surface area contributed by atoms with E-state index in [9.17, 15) is 9.59 Å². The number of fused-ring (bicyclic) bond motifs is 1. The van der Waals surface area contributed by atoms with Gasteiger partial charge in [-0.15, -0.1) is 12.4 Å². The van der Waals surface area contributed by atoms with Gasteiger partial charge in [0.2, 0.25) is 11.8 Å². The molecule has 1 fully saturated rings. The van der Waals surface area contributed by atoms with Crippen molar-refractivity contribution in [1.82, 2.24) is 5.32 Å². The molecule has 1 aliphatic heterocycles. The molecule has 0 radical (unpaired) electrons. The summed E-state index contributed by atoms with van der Waals surface area (Å²) >= 11 is 0. The Bertz CT molecular complexity index is 635. The van der Waals surface area contributed by atoms with Crippen LogP contribution in [0, 0.1) is 11.8 Å². The number of likely N-dealkylation sites (N-methyl/N-ethyl adjacent to an activating group) is 1. The summed E-state index contributed by atoms with van der Waals surface area (Å²) in [5.74, 6) is 0.586. The Morgan fingerprint density at radius 1 is 1.42 bits per heavy atom. The molecule has 3 rings (SSSR count). The molecule has 2 aliphatic rings. The average molecular weight is 352 g/mol. The zero-order valence-corrected chi connectivity index (χ0v) is 15.1. The van der Waals surface area contributed by atoms with Crippen LogP contribution in [0.3, 0.4) is 0 Å². The van der Waals surface area contributed by atoms with Crippen molar-refractivity contribution in [2.45, 2.75) is 38.6 Å². The van der Waals surface area contributed by atoms with E-state index in [0.717, 1.165) is 36.1 Å². The minimum Gasteiger partial charge on any atom is -0.349 e. The standard InChI is InChI=1S/C18H25N3O2.ClH/c1-11(20-18(23)15-5-3-4-13(15)10-19)12-6-7-16-14(8-12)9-17(22)21(16)2;/h6-8,11,13,15H,3-5,9-10,19H2,1-2H3,(H,20,23);1H/t11?,13-,15-;/m1./s1. The number of nitrogens with zero attached hydrogens (tertiary/aromatic N) is 1. The van der Waals surface area contributed by atoms with Gasteiger partial charge in [-0.1, -0.05) is 18.6 Å². The molecule has 1 unspecified atom stereocenters. The number of halogens is 1. The fraction of sp³-hybridized carbons (Fsp3) is 0.556. The van der Waals surface area contributed by atoms with Gasteiger partial charge in [-0.2, -0.15) is 0 Å². The van der Waals surface area contributed by atoms with E-state index in [-0.39, 0.29) is 36.2 Å². The Morgan fingerprint density at radius 3 is 2.88 bits per heavy atom. The summed E-state index contributed by atoms with van der Waals surface area (Å²) in [7, 11) is 1.80. The molecule has 24 heavy (non-hydrogen) atoms. The molecule has 1 aliphatic carbocycles. The third-order valence-corrected chi connectivity index (χ3v) is 5.34. The molecular weight excluding hydrogens is 326 g/mol. The normalized spacial score (nSPS) is 23.6. The molecular formula is C18H26ClN3O2. The number of carbonyl (C=O) groups excluding carboxylic acids is 2. The smallest absolute Gasteiger partial charge is 0.231 e. The second kappa shape index (κ2) is 7.53. The number of benzene rings is 1. The first-order valence-corrected chi connectivity index (χ1v) is 8.41. The van der Waals surface area contributed by atoms with Gasteiger partial charge >= 0.3 is 0 Å². The molecule has 1 heterocycles. The monoisotopic (exact) mass is 351 g/mol. The predicted octanol–water partition coefficient (Wildman–Crippen LogP) is 2.18. The molecule has 1 saturated carbocycles. The van der Waals surface area contributed by atoms with Crippen LogP contribution in [0.4, 0.5) is 5.69 Å². The van der Waals surface area contributed by atoms with Gasteiger partial charge < -0.3 is 16.0 Å². The molecule has 6 heteroatoms. The quantitative estimate of drug-likeness (QED) is 0.873. The molecule has 0 aromatic heterocycles. The molecule has 0 spiro atoms. The zero-order valence-electron chi connectivity index (χ0n) is 14.2. The first kappa shape index (κ1) is 18.7. The highest BCUT2D eigenvalue weighted by atomic mass is 35.5. The largest absolute Gasteiger partial charge is 0.349 e. The van der Waals surface area contributed by atoms with Crippen molar-refractivity contribution < 1.29 is 9.59 Å². The van der Waals surface area contributed by atoms with E-state index in [2.05, 4.69) is 5.32 Å². The second-order valence-corrected chi connectivity index (χ2v) is 6.78. The first-order valence-electron chi connectivity index (χ1n) is 8.41. The van der Waals surface area contributed by atoms with E-state index in [1.165, 1.54) is 0 Å². The maximum Gasteiger partial charge on any atom is 0.231 e. The van der Waals surface area contributed by atoms with Crippen molar-refractivity contribution >= 4 is 29.9 Å². The van der Waals surface area contributed by atoms with Crippen LogP contribution in [0.2, 0.25) is 0 Å². The SMILES string of the molecule is CC(NC(=O)[C@@H]1CCC[C@@H]1CN)c1ccc2c(c1)CC(=O)N2C.Cl. The molecule has 3 N–H and O–H groups in total. The Balaban J connectivity index is 0.00000208. The second-order valence-electron chi connectivity index (χ2n) is 6.78. The zero-order chi connectivity index (χ0) is 16.6. The Labute approximate surface area is 149 Å². The lowest BCUT2D eigenvalue weighted by Crippen LogP contribution is -2.36. The number of nitrogens with one attached hydrogen (secondary N) is 1. The van der Waals surface area contributed by atoms with Crippen LogP contribution >= 0.6 is 12.4 Å². The highest BCUT2D eigenvalue weighted by Crippen LogP contribution is 2.33. The maximum absolute atomic E-state index is 12.5. The number of anilines is 1. The lowest BCUT2D eigenvalue weighted by Gasteiger charge is -2.21. The van der Waals surface area contributed by atoms with Gasteiger partial charge in [-0.25, -0.2) is 0 Å². The third-order valence-electron chi connectivity index (χ3n) is 5.34. The minimum atomic E-state index is -0.0622. The number of nitrogens with two attached hydrogens (primary N) is 1. The van der Waals surface area contributed by atoms with Crippen LogP contribution in [-0.2, 0) is 16.0 Å². The minimum absolute atomic E-state index is 0. The van der Waals surface area contributed by atoms with E-state index >= 15 is 0 Å². The van der Waals surface area contributed by atoms with Crippen LogP contribution in [0.25, 0.3) is 0 Å². The summed E-state index contributed by atoms with van der Waals surface area (Å²) in [4.78, 5) is 26.0. The Morgan fingerprint density at radius 2 is 2.17 bits per heavy atom. The molecule has 0 bridgehead atoms. The van der Waals surface area contributed by atoms with Crippen LogP contribution < -0.4 is 16.0 Å². The Hall–Kier alpha value is -1.59. The average Bonchev–Trinajstić information content (AvgIpc) is 3.12. The first-order chi connectivity index (χ1) is 11.0.